The molecule has 1 aromatic carbocycles. The van der Waals surface area contributed by atoms with Crippen molar-refractivity contribution in [2.24, 2.45) is 0 Å². The van der Waals surface area contributed by atoms with E-state index in [4.69, 9.17) is 15.2 Å². The molecule has 0 saturated heterocycles. The average Bonchev–Trinajstić information content (AvgIpc) is 2.38. The van der Waals surface area contributed by atoms with Crippen LogP contribution in [0, 0.1) is 5.82 Å². The van der Waals surface area contributed by atoms with Crippen molar-refractivity contribution < 1.29 is 13.9 Å². The van der Waals surface area contributed by atoms with Crippen LogP contribution < -0.4 is 20.5 Å². The van der Waals surface area contributed by atoms with Crippen LogP contribution in [0.2, 0.25) is 0 Å². The zero-order valence-electron chi connectivity index (χ0n) is 10.3. The van der Waals surface area contributed by atoms with Gasteiger partial charge in [-0.25, -0.2) is 4.39 Å². The van der Waals surface area contributed by atoms with Gasteiger partial charge in [-0.3, -0.25) is 0 Å². The predicted octanol–water partition coefficient (Wildman–Crippen LogP) is 1.35. The molecule has 19 heavy (non-hydrogen) atoms. The minimum atomic E-state index is -0.499. The highest BCUT2D eigenvalue weighted by molar-refractivity contribution is 5.55. The Balaban J connectivity index is 2.25. The SMILES string of the molecule is COc1nc(N)nc(Nc2ccc(OC)c(F)c2)n1. The van der Waals surface area contributed by atoms with Crippen LogP contribution in [-0.4, -0.2) is 29.2 Å². The van der Waals surface area contributed by atoms with Gasteiger partial charge in [-0.2, -0.15) is 15.0 Å². The summed E-state index contributed by atoms with van der Waals surface area (Å²) in [4.78, 5) is 11.5. The highest BCUT2D eigenvalue weighted by Crippen LogP contribution is 2.22. The van der Waals surface area contributed by atoms with E-state index in [0.29, 0.717) is 5.69 Å². The Bertz CT molecular complexity index is 593. The fourth-order valence-electron chi connectivity index (χ4n) is 1.39. The standard InChI is InChI=1S/C11H12FN5O2/c1-18-8-4-3-6(5-7(8)12)14-10-15-9(13)16-11(17-10)19-2/h3-5H,1-2H3,(H3,13,14,15,16,17). The number of aromatic nitrogens is 3. The molecule has 2 rings (SSSR count). The lowest BCUT2D eigenvalue weighted by atomic mass is 10.3. The van der Waals surface area contributed by atoms with Gasteiger partial charge in [0.05, 0.1) is 14.2 Å². The van der Waals surface area contributed by atoms with Gasteiger partial charge in [-0.05, 0) is 12.1 Å². The van der Waals surface area contributed by atoms with Crippen LogP contribution in [0.15, 0.2) is 18.2 Å². The highest BCUT2D eigenvalue weighted by Gasteiger charge is 2.07. The number of nitrogens with one attached hydrogen (secondary N) is 1. The second kappa shape index (κ2) is 5.34. The first kappa shape index (κ1) is 12.8. The van der Waals surface area contributed by atoms with Gasteiger partial charge in [0.1, 0.15) is 0 Å². The Hall–Kier alpha value is -2.64. The van der Waals surface area contributed by atoms with Crippen molar-refractivity contribution in [3.05, 3.63) is 24.0 Å². The molecule has 2 aromatic rings. The van der Waals surface area contributed by atoms with Crippen LogP contribution in [0.3, 0.4) is 0 Å². The minimum absolute atomic E-state index is 0.00309. The van der Waals surface area contributed by atoms with Crippen molar-refractivity contribution in [2.75, 3.05) is 25.3 Å². The van der Waals surface area contributed by atoms with Crippen molar-refractivity contribution in [2.45, 2.75) is 0 Å². The van der Waals surface area contributed by atoms with Crippen LogP contribution >= 0.6 is 0 Å². The minimum Gasteiger partial charge on any atom is -0.494 e. The van der Waals surface area contributed by atoms with Crippen LogP contribution in [0.4, 0.5) is 22.0 Å². The molecule has 0 aliphatic carbocycles. The summed E-state index contributed by atoms with van der Waals surface area (Å²) >= 11 is 0. The molecule has 0 atom stereocenters. The van der Waals surface area contributed by atoms with Crippen molar-refractivity contribution in [3.8, 4) is 11.8 Å². The van der Waals surface area contributed by atoms with E-state index in [-0.39, 0.29) is 23.7 Å². The smallest absolute Gasteiger partial charge is 0.322 e. The first-order chi connectivity index (χ1) is 9.12. The molecule has 8 heteroatoms. The van der Waals surface area contributed by atoms with E-state index in [1.165, 1.54) is 26.4 Å². The molecule has 100 valence electrons. The number of hydrogen-bond acceptors (Lipinski definition) is 7. The number of nitrogens with two attached hydrogens (primary N) is 1. The zero-order chi connectivity index (χ0) is 13.8. The molecule has 0 spiro atoms. The van der Waals surface area contributed by atoms with E-state index in [9.17, 15) is 4.39 Å². The van der Waals surface area contributed by atoms with E-state index < -0.39 is 5.82 Å². The van der Waals surface area contributed by atoms with Crippen LogP contribution in [0.5, 0.6) is 11.8 Å². The van der Waals surface area contributed by atoms with Crippen LogP contribution in [-0.2, 0) is 0 Å². The number of anilines is 3. The summed E-state index contributed by atoms with van der Waals surface area (Å²) < 4.78 is 23.2. The summed E-state index contributed by atoms with van der Waals surface area (Å²) in [6.07, 6.45) is 0. The topological polar surface area (TPSA) is 95.2 Å². The van der Waals surface area contributed by atoms with Crippen molar-refractivity contribution in [1.29, 1.82) is 0 Å². The number of nitrogens with zero attached hydrogens (tertiary/aromatic N) is 3. The largest absolute Gasteiger partial charge is 0.494 e. The first-order valence-electron chi connectivity index (χ1n) is 5.28. The maximum absolute atomic E-state index is 13.5. The number of halogens is 1. The molecule has 0 amide bonds. The first-order valence-corrected chi connectivity index (χ1v) is 5.28. The van der Waals surface area contributed by atoms with Gasteiger partial charge >= 0.3 is 6.01 Å². The third-order valence-electron chi connectivity index (χ3n) is 2.22. The van der Waals surface area contributed by atoms with E-state index >= 15 is 0 Å². The van der Waals surface area contributed by atoms with Gasteiger partial charge in [0.15, 0.2) is 11.6 Å². The second-order valence-corrected chi connectivity index (χ2v) is 3.48. The Labute approximate surface area is 108 Å². The zero-order valence-corrected chi connectivity index (χ0v) is 10.3. The number of hydrogen-bond donors (Lipinski definition) is 2. The molecule has 7 nitrogen and oxygen atoms in total. The van der Waals surface area contributed by atoms with Gasteiger partial charge in [0, 0.05) is 11.8 Å². The van der Waals surface area contributed by atoms with Gasteiger partial charge in [-0.1, -0.05) is 0 Å². The molecule has 0 aliphatic heterocycles. The predicted molar refractivity (Wildman–Crippen MR) is 67.0 cm³/mol. The van der Waals surface area contributed by atoms with Gasteiger partial charge in [-0.15, -0.1) is 0 Å². The Morgan fingerprint density at radius 1 is 1.16 bits per heavy atom. The van der Waals surface area contributed by atoms with Gasteiger partial charge in [0.25, 0.3) is 0 Å². The fourth-order valence-corrected chi connectivity index (χ4v) is 1.39. The average molecular weight is 265 g/mol. The lowest BCUT2D eigenvalue weighted by Crippen LogP contribution is -2.05. The molecule has 0 radical (unpaired) electrons. The van der Waals surface area contributed by atoms with E-state index in [1.807, 2.05) is 0 Å². The summed E-state index contributed by atoms with van der Waals surface area (Å²) in [6, 6.07) is 4.43. The molecular weight excluding hydrogens is 253 g/mol. The molecule has 0 bridgehead atoms. The Morgan fingerprint density at radius 3 is 2.58 bits per heavy atom. The number of benzene rings is 1. The van der Waals surface area contributed by atoms with E-state index in [1.54, 1.807) is 6.07 Å². The maximum Gasteiger partial charge on any atom is 0.322 e. The highest BCUT2D eigenvalue weighted by atomic mass is 19.1. The summed E-state index contributed by atoms with van der Waals surface area (Å²) in [7, 11) is 2.80. The van der Waals surface area contributed by atoms with Gasteiger partial charge < -0.3 is 20.5 Å². The molecule has 0 saturated carbocycles. The van der Waals surface area contributed by atoms with Crippen molar-refractivity contribution in [3.63, 3.8) is 0 Å². The van der Waals surface area contributed by atoms with Crippen LogP contribution in [0.1, 0.15) is 0 Å². The Morgan fingerprint density at radius 2 is 1.95 bits per heavy atom. The monoisotopic (exact) mass is 265 g/mol. The number of nitrogen functional groups attached to an aromatic ring is 1. The van der Waals surface area contributed by atoms with E-state index in [0.717, 1.165) is 0 Å². The molecule has 1 heterocycles. The third-order valence-corrected chi connectivity index (χ3v) is 2.22. The summed E-state index contributed by atoms with van der Waals surface area (Å²) in [6.45, 7) is 0. The Kier molecular flexibility index (Phi) is 3.60. The van der Waals surface area contributed by atoms with Gasteiger partial charge in [0.2, 0.25) is 11.9 Å². The summed E-state index contributed by atoms with van der Waals surface area (Å²) in [5.41, 5.74) is 5.94. The normalized spacial score (nSPS) is 10.1. The van der Waals surface area contributed by atoms with Crippen molar-refractivity contribution in [1.82, 2.24) is 15.0 Å². The molecule has 0 unspecified atom stereocenters. The number of methoxy groups -OCH3 is 2. The second-order valence-electron chi connectivity index (χ2n) is 3.48. The molecule has 0 fully saturated rings. The lowest BCUT2D eigenvalue weighted by molar-refractivity contribution is 0.380. The van der Waals surface area contributed by atoms with Crippen LogP contribution in [0.25, 0.3) is 0 Å². The lowest BCUT2D eigenvalue weighted by Gasteiger charge is -2.08. The fraction of sp³-hybridized carbons (Fsp3) is 0.182. The summed E-state index contributed by atoms with van der Waals surface area (Å²) in [5, 5.41) is 2.79. The maximum atomic E-state index is 13.5. The van der Waals surface area contributed by atoms with Crippen molar-refractivity contribution >= 4 is 17.6 Å². The van der Waals surface area contributed by atoms with E-state index in [2.05, 4.69) is 20.3 Å². The molecule has 3 N–H and O–H groups in total. The molecule has 0 aliphatic rings. The molecular formula is C11H12FN5O2. The summed E-state index contributed by atoms with van der Waals surface area (Å²) in [5.74, 6) is -0.183. The third kappa shape index (κ3) is 2.97. The quantitative estimate of drug-likeness (QED) is 0.861. The number of ether oxygens (including phenoxy) is 2. The number of rotatable bonds is 4. The molecule has 1 aromatic heterocycles.